The van der Waals surface area contributed by atoms with Gasteiger partial charge in [0.2, 0.25) is 0 Å². The van der Waals surface area contributed by atoms with Crippen LogP contribution in [0, 0.1) is 0 Å². The number of halogens is 1. The number of pyridine rings is 1. The van der Waals surface area contributed by atoms with E-state index in [4.69, 9.17) is 14.5 Å². The maximum Gasteiger partial charge on any atom is 0.161 e. The van der Waals surface area contributed by atoms with Gasteiger partial charge in [0.1, 0.15) is 0 Å². The van der Waals surface area contributed by atoms with Crippen LogP contribution in [0.2, 0.25) is 0 Å². The first-order valence-electron chi connectivity index (χ1n) is 9.27. The van der Waals surface area contributed by atoms with Gasteiger partial charge in [-0.1, -0.05) is 15.9 Å². The first-order valence-corrected chi connectivity index (χ1v) is 10.1. The third-order valence-electron chi connectivity index (χ3n) is 5.14. The van der Waals surface area contributed by atoms with Crippen LogP contribution in [0.3, 0.4) is 0 Å². The van der Waals surface area contributed by atoms with Crippen LogP contribution in [0.5, 0.6) is 11.5 Å². The van der Waals surface area contributed by atoms with Crippen LogP contribution in [0.4, 0.5) is 5.69 Å². The van der Waals surface area contributed by atoms with Crippen LogP contribution in [0.1, 0.15) is 11.1 Å². The molecule has 2 aromatic carbocycles. The van der Waals surface area contributed by atoms with Crippen molar-refractivity contribution in [2.24, 2.45) is 0 Å². The van der Waals surface area contributed by atoms with Crippen molar-refractivity contribution in [2.45, 2.75) is 6.42 Å². The first kappa shape index (κ1) is 19.0. The van der Waals surface area contributed by atoms with Crippen molar-refractivity contribution in [2.75, 3.05) is 46.7 Å². The number of ether oxygens (including phenoxy) is 2. The standard InChI is InChI=1S/C22H24BrN3O2/c1-26(2)8-7-24-21-16-11-14(23)5-6-18(16)25-22-15-12-20(28-4)19(27-3)10-13(15)9-17(21)22/h5-6,10-12H,7-9H2,1-4H3,(H,24,25). The Morgan fingerprint density at radius 3 is 2.57 bits per heavy atom. The molecule has 1 aliphatic rings. The molecule has 6 heteroatoms. The molecule has 0 radical (unpaired) electrons. The topological polar surface area (TPSA) is 46.6 Å². The largest absolute Gasteiger partial charge is 0.493 e. The summed E-state index contributed by atoms with van der Waals surface area (Å²) in [5.41, 5.74) is 6.74. The summed E-state index contributed by atoms with van der Waals surface area (Å²) < 4.78 is 12.1. The minimum Gasteiger partial charge on any atom is -0.493 e. The zero-order chi connectivity index (χ0) is 19.8. The van der Waals surface area contributed by atoms with Crippen molar-refractivity contribution >= 4 is 32.5 Å². The highest BCUT2D eigenvalue weighted by atomic mass is 79.9. The quantitative estimate of drug-likeness (QED) is 0.475. The molecule has 0 atom stereocenters. The molecule has 3 aromatic rings. The van der Waals surface area contributed by atoms with Crippen molar-refractivity contribution in [3.63, 3.8) is 0 Å². The van der Waals surface area contributed by atoms with E-state index in [9.17, 15) is 0 Å². The fraction of sp³-hybridized carbons (Fsp3) is 0.318. The Morgan fingerprint density at radius 2 is 1.86 bits per heavy atom. The molecule has 28 heavy (non-hydrogen) atoms. The first-order chi connectivity index (χ1) is 13.5. The van der Waals surface area contributed by atoms with Gasteiger partial charge in [-0.2, -0.15) is 0 Å². The fourth-order valence-corrected chi connectivity index (χ4v) is 4.12. The molecule has 1 heterocycles. The van der Waals surface area contributed by atoms with Crippen LogP contribution < -0.4 is 14.8 Å². The minimum absolute atomic E-state index is 0.730. The Balaban J connectivity index is 1.88. The van der Waals surface area contributed by atoms with Crippen LogP contribution in [-0.2, 0) is 6.42 Å². The maximum absolute atomic E-state index is 5.52. The van der Waals surface area contributed by atoms with E-state index in [-0.39, 0.29) is 0 Å². The summed E-state index contributed by atoms with van der Waals surface area (Å²) >= 11 is 3.61. The van der Waals surface area contributed by atoms with E-state index in [1.165, 1.54) is 11.1 Å². The second-order valence-corrected chi connectivity index (χ2v) is 8.16. The highest BCUT2D eigenvalue weighted by Crippen LogP contribution is 2.46. The van der Waals surface area contributed by atoms with Gasteiger partial charge < -0.3 is 19.7 Å². The number of nitrogens with zero attached hydrogens (tertiary/aromatic N) is 2. The second-order valence-electron chi connectivity index (χ2n) is 7.25. The molecular weight excluding hydrogens is 418 g/mol. The average Bonchev–Trinajstić information content (AvgIpc) is 3.03. The van der Waals surface area contributed by atoms with E-state index in [1.807, 2.05) is 12.1 Å². The molecule has 1 N–H and O–H groups in total. The summed E-state index contributed by atoms with van der Waals surface area (Å²) in [5, 5.41) is 4.81. The number of hydrogen-bond donors (Lipinski definition) is 1. The summed E-state index contributed by atoms with van der Waals surface area (Å²) in [6.07, 6.45) is 0.824. The summed E-state index contributed by atoms with van der Waals surface area (Å²) in [4.78, 5) is 7.18. The molecule has 0 saturated carbocycles. The summed E-state index contributed by atoms with van der Waals surface area (Å²) in [7, 11) is 7.51. The van der Waals surface area contributed by atoms with Gasteiger partial charge >= 0.3 is 0 Å². The van der Waals surface area contributed by atoms with Crippen molar-refractivity contribution in [3.8, 4) is 22.8 Å². The Kier molecular flexibility index (Phi) is 5.17. The minimum atomic E-state index is 0.730. The Hall–Kier alpha value is -2.31. The number of rotatable bonds is 6. The highest BCUT2D eigenvalue weighted by Gasteiger charge is 2.27. The molecule has 5 nitrogen and oxygen atoms in total. The molecule has 0 bridgehead atoms. The molecule has 0 unspecified atom stereocenters. The SMILES string of the molecule is COc1cc2c(cc1OC)-c1nc3ccc(Br)cc3c(NCCN(C)C)c1C2. The van der Waals surface area contributed by atoms with Crippen molar-refractivity contribution in [3.05, 3.63) is 45.9 Å². The molecule has 0 saturated heterocycles. The van der Waals surface area contributed by atoms with Gasteiger partial charge in [0.15, 0.2) is 11.5 Å². The van der Waals surface area contributed by atoms with E-state index in [0.29, 0.717) is 0 Å². The van der Waals surface area contributed by atoms with Crippen molar-refractivity contribution in [1.82, 2.24) is 9.88 Å². The molecule has 0 spiro atoms. The molecule has 0 fully saturated rings. The lowest BCUT2D eigenvalue weighted by Gasteiger charge is -2.17. The monoisotopic (exact) mass is 441 g/mol. The Labute approximate surface area is 173 Å². The smallest absolute Gasteiger partial charge is 0.161 e. The molecule has 4 rings (SSSR count). The van der Waals surface area contributed by atoms with Crippen molar-refractivity contribution < 1.29 is 9.47 Å². The summed E-state index contributed by atoms with van der Waals surface area (Å²) in [6, 6.07) is 10.4. The van der Waals surface area contributed by atoms with Crippen LogP contribution in [-0.4, -0.2) is 51.3 Å². The predicted molar refractivity (Wildman–Crippen MR) is 118 cm³/mol. The van der Waals surface area contributed by atoms with Gasteiger partial charge in [0, 0.05) is 46.2 Å². The number of anilines is 1. The summed E-state index contributed by atoms with van der Waals surface area (Å²) in [5.74, 6) is 1.48. The molecule has 1 aromatic heterocycles. The van der Waals surface area contributed by atoms with Crippen LogP contribution in [0.25, 0.3) is 22.2 Å². The van der Waals surface area contributed by atoms with Gasteiger partial charge in [0.05, 0.1) is 25.4 Å². The lowest BCUT2D eigenvalue weighted by Crippen LogP contribution is -2.21. The normalized spacial score (nSPS) is 12.2. The Morgan fingerprint density at radius 1 is 1.11 bits per heavy atom. The fourth-order valence-electron chi connectivity index (χ4n) is 3.75. The predicted octanol–water partition coefficient (Wildman–Crippen LogP) is 4.56. The van der Waals surface area contributed by atoms with Gasteiger partial charge in [-0.3, -0.25) is 0 Å². The second kappa shape index (κ2) is 7.60. The lowest BCUT2D eigenvalue weighted by molar-refractivity contribution is 0.355. The number of likely N-dealkylation sites (N-methyl/N-ethyl adjacent to an activating group) is 1. The zero-order valence-corrected chi connectivity index (χ0v) is 18.2. The molecule has 1 aliphatic carbocycles. The molecule has 0 amide bonds. The number of nitrogens with one attached hydrogen (secondary N) is 1. The van der Waals surface area contributed by atoms with E-state index < -0.39 is 0 Å². The number of fused-ring (bicyclic) bond motifs is 4. The lowest BCUT2D eigenvalue weighted by atomic mass is 10.1. The van der Waals surface area contributed by atoms with Gasteiger partial charge in [-0.15, -0.1) is 0 Å². The number of benzene rings is 2. The highest BCUT2D eigenvalue weighted by molar-refractivity contribution is 9.10. The van der Waals surface area contributed by atoms with E-state index in [0.717, 1.165) is 63.3 Å². The summed E-state index contributed by atoms with van der Waals surface area (Å²) in [6.45, 7) is 1.83. The van der Waals surface area contributed by atoms with E-state index in [2.05, 4.69) is 58.4 Å². The zero-order valence-electron chi connectivity index (χ0n) is 16.6. The molecule has 146 valence electrons. The van der Waals surface area contributed by atoms with Gasteiger partial charge in [0.25, 0.3) is 0 Å². The van der Waals surface area contributed by atoms with Gasteiger partial charge in [-0.05, 0) is 50.0 Å². The van der Waals surface area contributed by atoms with Crippen LogP contribution in [0.15, 0.2) is 34.8 Å². The number of hydrogen-bond acceptors (Lipinski definition) is 5. The Bertz CT molecular complexity index is 1050. The number of methoxy groups -OCH3 is 2. The third-order valence-corrected chi connectivity index (χ3v) is 5.63. The van der Waals surface area contributed by atoms with Crippen LogP contribution >= 0.6 is 15.9 Å². The number of aromatic nitrogens is 1. The molecule has 0 aliphatic heterocycles. The molecular formula is C22H24BrN3O2. The van der Waals surface area contributed by atoms with E-state index in [1.54, 1.807) is 14.2 Å². The third kappa shape index (κ3) is 3.31. The van der Waals surface area contributed by atoms with Gasteiger partial charge in [-0.25, -0.2) is 4.98 Å². The van der Waals surface area contributed by atoms with E-state index >= 15 is 0 Å². The van der Waals surface area contributed by atoms with Crippen molar-refractivity contribution in [1.29, 1.82) is 0 Å². The maximum atomic E-state index is 5.52. The average molecular weight is 442 g/mol.